The van der Waals surface area contributed by atoms with Crippen molar-refractivity contribution >= 4 is 5.96 Å². The molecule has 1 saturated heterocycles. The summed E-state index contributed by atoms with van der Waals surface area (Å²) in [5.41, 5.74) is 0. The van der Waals surface area contributed by atoms with Crippen LogP contribution in [0.15, 0.2) is 4.99 Å². The van der Waals surface area contributed by atoms with Gasteiger partial charge in [0.2, 0.25) is 0 Å². The van der Waals surface area contributed by atoms with Gasteiger partial charge in [0, 0.05) is 41.0 Å². The second-order valence-electron chi connectivity index (χ2n) is 5.95. The average Bonchev–Trinajstić information content (AvgIpc) is 2.72. The van der Waals surface area contributed by atoms with Gasteiger partial charge in [-0.05, 0) is 12.8 Å². The molecule has 1 atom stereocenters. The number of hydrogen-bond acceptors (Lipinski definition) is 3. The number of hydrogen-bond donors (Lipinski definition) is 0. The minimum atomic E-state index is -0.283. The van der Waals surface area contributed by atoms with Crippen LogP contribution in [0.1, 0.15) is 32.1 Å². The summed E-state index contributed by atoms with van der Waals surface area (Å²) in [5.74, 6) is 0.683. The van der Waals surface area contributed by atoms with Gasteiger partial charge in [0.1, 0.15) is 6.10 Å². The van der Waals surface area contributed by atoms with E-state index in [0.29, 0.717) is 13.2 Å². The lowest BCUT2D eigenvalue weighted by Gasteiger charge is -2.31. The van der Waals surface area contributed by atoms with Gasteiger partial charge in [-0.2, -0.15) is 0 Å². The SMILES string of the molecule is CN(C)C(=NCC1COC2(CCCCC2)O1)N(C)C. The quantitative estimate of drug-likeness (QED) is 0.563. The van der Waals surface area contributed by atoms with E-state index in [9.17, 15) is 0 Å². The summed E-state index contributed by atoms with van der Waals surface area (Å²) in [6, 6.07) is 0. The van der Waals surface area contributed by atoms with Crippen molar-refractivity contribution in [3.63, 3.8) is 0 Å². The van der Waals surface area contributed by atoms with Gasteiger partial charge in [-0.1, -0.05) is 6.42 Å². The van der Waals surface area contributed by atoms with Crippen LogP contribution in [0.25, 0.3) is 0 Å². The first-order valence-corrected chi connectivity index (χ1v) is 7.23. The number of aliphatic imine (C=N–C) groups is 1. The first-order chi connectivity index (χ1) is 9.02. The fraction of sp³-hybridized carbons (Fsp3) is 0.929. The minimum Gasteiger partial charge on any atom is -0.349 e. The molecular formula is C14H27N3O2. The molecule has 2 rings (SSSR count). The second kappa shape index (κ2) is 6.09. The summed E-state index contributed by atoms with van der Waals surface area (Å²) in [6.45, 7) is 1.35. The molecule has 5 nitrogen and oxygen atoms in total. The Balaban J connectivity index is 1.89. The monoisotopic (exact) mass is 269 g/mol. The molecule has 0 radical (unpaired) electrons. The Bertz CT molecular complexity index is 313. The summed E-state index contributed by atoms with van der Waals surface area (Å²) in [4.78, 5) is 8.69. The van der Waals surface area contributed by atoms with Crippen molar-refractivity contribution in [3.8, 4) is 0 Å². The van der Waals surface area contributed by atoms with Crippen molar-refractivity contribution in [1.82, 2.24) is 9.80 Å². The molecule has 19 heavy (non-hydrogen) atoms. The van der Waals surface area contributed by atoms with Gasteiger partial charge < -0.3 is 19.3 Å². The summed E-state index contributed by atoms with van der Waals surface area (Å²) in [5, 5.41) is 0. The predicted molar refractivity (Wildman–Crippen MR) is 76.3 cm³/mol. The maximum Gasteiger partial charge on any atom is 0.195 e. The third-order valence-electron chi connectivity index (χ3n) is 3.77. The third kappa shape index (κ3) is 3.60. The first-order valence-electron chi connectivity index (χ1n) is 7.23. The van der Waals surface area contributed by atoms with Gasteiger partial charge in [-0.25, -0.2) is 0 Å². The number of guanidine groups is 1. The summed E-state index contributed by atoms with van der Waals surface area (Å²) >= 11 is 0. The zero-order valence-corrected chi connectivity index (χ0v) is 12.7. The topological polar surface area (TPSA) is 37.3 Å². The van der Waals surface area contributed by atoms with Crippen molar-refractivity contribution in [1.29, 1.82) is 0 Å². The molecule has 1 unspecified atom stereocenters. The van der Waals surface area contributed by atoms with Gasteiger partial charge in [0.25, 0.3) is 0 Å². The third-order valence-corrected chi connectivity index (χ3v) is 3.77. The van der Waals surface area contributed by atoms with E-state index in [1.165, 1.54) is 19.3 Å². The van der Waals surface area contributed by atoms with E-state index >= 15 is 0 Å². The number of rotatable bonds is 2. The van der Waals surface area contributed by atoms with E-state index < -0.39 is 0 Å². The Morgan fingerprint density at radius 3 is 2.32 bits per heavy atom. The smallest absolute Gasteiger partial charge is 0.195 e. The van der Waals surface area contributed by atoms with Gasteiger partial charge in [0.15, 0.2) is 11.7 Å². The molecule has 1 saturated carbocycles. The van der Waals surface area contributed by atoms with Crippen LogP contribution < -0.4 is 0 Å². The van der Waals surface area contributed by atoms with Crippen LogP contribution in [0.3, 0.4) is 0 Å². The van der Waals surface area contributed by atoms with E-state index in [0.717, 1.165) is 18.8 Å². The maximum atomic E-state index is 6.13. The molecule has 1 heterocycles. The first kappa shape index (κ1) is 14.6. The Hall–Kier alpha value is -0.810. The van der Waals surface area contributed by atoms with Crippen molar-refractivity contribution in [3.05, 3.63) is 0 Å². The van der Waals surface area contributed by atoms with Crippen molar-refractivity contribution in [2.45, 2.75) is 44.0 Å². The summed E-state index contributed by atoms with van der Waals surface area (Å²) in [6.07, 6.45) is 5.94. The van der Waals surface area contributed by atoms with Crippen LogP contribution >= 0.6 is 0 Å². The molecule has 0 N–H and O–H groups in total. The Morgan fingerprint density at radius 2 is 1.74 bits per heavy atom. The molecule has 1 aliphatic carbocycles. The summed E-state index contributed by atoms with van der Waals surface area (Å²) < 4.78 is 12.1. The molecule has 1 spiro atoms. The molecule has 0 aromatic heterocycles. The minimum absolute atomic E-state index is 0.105. The molecule has 0 aromatic rings. The van der Waals surface area contributed by atoms with Gasteiger partial charge in [-0.3, -0.25) is 4.99 Å². The maximum absolute atomic E-state index is 6.13. The van der Waals surface area contributed by atoms with E-state index in [-0.39, 0.29) is 11.9 Å². The Labute approximate surface area is 116 Å². The van der Waals surface area contributed by atoms with Crippen LogP contribution in [0.4, 0.5) is 0 Å². The molecule has 0 bridgehead atoms. The van der Waals surface area contributed by atoms with E-state index in [1.54, 1.807) is 0 Å². The number of ether oxygens (including phenoxy) is 2. The molecule has 2 fully saturated rings. The van der Waals surface area contributed by atoms with Crippen LogP contribution in [0.2, 0.25) is 0 Å². The van der Waals surface area contributed by atoms with Crippen LogP contribution in [-0.4, -0.2) is 69.0 Å². The highest BCUT2D eigenvalue weighted by atomic mass is 16.7. The molecule has 110 valence electrons. The van der Waals surface area contributed by atoms with E-state index in [2.05, 4.69) is 4.99 Å². The highest BCUT2D eigenvalue weighted by molar-refractivity contribution is 5.79. The zero-order chi connectivity index (χ0) is 13.9. The molecule has 1 aliphatic heterocycles. The fourth-order valence-corrected chi connectivity index (χ4v) is 2.93. The van der Waals surface area contributed by atoms with Crippen LogP contribution in [0, 0.1) is 0 Å². The standard InChI is InChI=1S/C14H27N3O2/c1-16(2)13(17(3)4)15-10-12-11-18-14(19-12)8-6-5-7-9-14/h12H,5-11H2,1-4H3. The second-order valence-corrected chi connectivity index (χ2v) is 5.95. The molecule has 5 heteroatoms. The largest absolute Gasteiger partial charge is 0.349 e. The van der Waals surface area contributed by atoms with Gasteiger partial charge in [0.05, 0.1) is 13.2 Å². The van der Waals surface area contributed by atoms with Crippen molar-refractivity contribution < 1.29 is 9.47 Å². The highest BCUT2D eigenvalue weighted by Crippen LogP contribution is 2.37. The Kier molecular flexibility index (Phi) is 4.68. The molecule has 0 amide bonds. The highest BCUT2D eigenvalue weighted by Gasteiger charge is 2.42. The van der Waals surface area contributed by atoms with E-state index in [1.807, 2.05) is 38.0 Å². The van der Waals surface area contributed by atoms with E-state index in [4.69, 9.17) is 9.47 Å². The van der Waals surface area contributed by atoms with Crippen LogP contribution in [0.5, 0.6) is 0 Å². The lowest BCUT2D eigenvalue weighted by Crippen LogP contribution is -2.37. The predicted octanol–water partition coefficient (Wildman–Crippen LogP) is 1.54. The lowest BCUT2D eigenvalue weighted by atomic mass is 9.94. The fourth-order valence-electron chi connectivity index (χ4n) is 2.93. The normalized spacial score (nSPS) is 25.4. The van der Waals surface area contributed by atoms with Crippen molar-refractivity contribution in [2.75, 3.05) is 41.3 Å². The average molecular weight is 269 g/mol. The molecule has 0 aromatic carbocycles. The van der Waals surface area contributed by atoms with Crippen molar-refractivity contribution in [2.24, 2.45) is 4.99 Å². The molecule has 2 aliphatic rings. The van der Waals surface area contributed by atoms with Gasteiger partial charge in [-0.15, -0.1) is 0 Å². The lowest BCUT2D eigenvalue weighted by molar-refractivity contribution is -0.186. The Morgan fingerprint density at radius 1 is 1.11 bits per heavy atom. The van der Waals surface area contributed by atoms with Crippen LogP contribution in [-0.2, 0) is 9.47 Å². The zero-order valence-electron chi connectivity index (χ0n) is 12.7. The number of nitrogens with zero attached hydrogens (tertiary/aromatic N) is 3. The van der Waals surface area contributed by atoms with Gasteiger partial charge >= 0.3 is 0 Å². The molecular weight excluding hydrogens is 242 g/mol. The summed E-state index contributed by atoms with van der Waals surface area (Å²) in [7, 11) is 8.03.